The van der Waals surface area contributed by atoms with Gasteiger partial charge in [-0.15, -0.1) is 0 Å². The summed E-state index contributed by atoms with van der Waals surface area (Å²) in [5.74, 6) is -0.137. The van der Waals surface area contributed by atoms with Crippen molar-refractivity contribution in [3.63, 3.8) is 0 Å². The first-order valence-corrected chi connectivity index (χ1v) is 7.69. The van der Waals surface area contributed by atoms with E-state index in [0.717, 1.165) is 17.7 Å². The fraction of sp³-hybridized carbons (Fsp3) is 0.158. The molecule has 4 heteroatoms. The fourth-order valence-electron chi connectivity index (χ4n) is 2.50. The Labute approximate surface area is 135 Å². The summed E-state index contributed by atoms with van der Waals surface area (Å²) >= 11 is 0. The number of hydrogen-bond acceptors (Lipinski definition) is 2. The van der Waals surface area contributed by atoms with E-state index in [0.29, 0.717) is 11.3 Å². The molecule has 0 aliphatic rings. The van der Waals surface area contributed by atoms with Gasteiger partial charge in [-0.1, -0.05) is 49.4 Å². The second-order valence-electron chi connectivity index (χ2n) is 5.30. The van der Waals surface area contributed by atoms with Gasteiger partial charge in [-0.2, -0.15) is 5.10 Å². The second-order valence-corrected chi connectivity index (χ2v) is 5.30. The molecule has 4 nitrogen and oxygen atoms in total. The molecule has 1 amide bonds. The highest BCUT2D eigenvalue weighted by Gasteiger charge is 2.17. The monoisotopic (exact) mass is 305 g/mol. The molecule has 0 bridgehead atoms. The normalized spacial score (nSPS) is 10.5. The number of carbonyl (C=O) groups is 1. The van der Waals surface area contributed by atoms with E-state index in [4.69, 9.17) is 0 Å². The molecule has 1 heterocycles. The first-order chi connectivity index (χ1) is 11.2. The smallest absolute Gasteiger partial charge is 0.254 e. The van der Waals surface area contributed by atoms with Crippen LogP contribution >= 0.6 is 0 Å². The van der Waals surface area contributed by atoms with Crippen molar-refractivity contribution < 1.29 is 4.79 Å². The molecule has 0 spiro atoms. The largest absolute Gasteiger partial charge is 0.355 e. The zero-order valence-corrected chi connectivity index (χ0v) is 13.3. The number of aromatic nitrogens is 2. The molecule has 0 saturated heterocycles. The van der Waals surface area contributed by atoms with Crippen LogP contribution in [0.3, 0.4) is 0 Å². The van der Waals surface area contributed by atoms with Gasteiger partial charge in [0.05, 0.1) is 11.3 Å². The lowest BCUT2D eigenvalue weighted by atomic mass is 10.0. The maximum Gasteiger partial charge on any atom is 0.254 e. The van der Waals surface area contributed by atoms with Crippen molar-refractivity contribution in [2.24, 2.45) is 0 Å². The van der Waals surface area contributed by atoms with E-state index in [1.807, 2.05) is 42.5 Å². The van der Waals surface area contributed by atoms with Crippen LogP contribution in [-0.2, 0) is 6.42 Å². The minimum absolute atomic E-state index is 0.137. The zero-order valence-electron chi connectivity index (χ0n) is 13.3. The fourth-order valence-corrected chi connectivity index (χ4v) is 2.50. The van der Waals surface area contributed by atoms with Crippen molar-refractivity contribution in [1.29, 1.82) is 0 Å². The number of nitrogens with one attached hydrogen (secondary N) is 1. The average molecular weight is 305 g/mol. The summed E-state index contributed by atoms with van der Waals surface area (Å²) in [6.07, 6.45) is 2.76. The summed E-state index contributed by atoms with van der Waals surface area (Å²) in [7, 11) is 1.63. The summed E-state index contributed by atoms with van der Waals surface area (Å²) < 4.78 is 1.74. The number of aryl methyl sites for hydroxylation is 1. The first-order valence-electron chi connectivity index (χ1n) is 7.69. The molecule has 3 aromatic rings. The van der Waals surface area contributed by atoms with E-state index >= 15 is 0 Å². The first kappa shape index (κ1) is 15.0. The Balaban J connectivity index is 2.10. The highest BCUT2D eigenvalue weighted by molar-refractivity contribution is 5.99. The molecule has 3 rings (SSSR count). The lowest BCUT2D eigenvalue weighted by Crippen LogP contribution is -2.17. The van der Waals surface area contributed by atoms with Crippen LogP contribution in [0.1, 0.15) is 22.8 Å². The molecular weight excluding hydrogens is 286 g/mol. The van der Waals surface area contributed by atoms with Crippen molar-refractivity contribution in [3.05, 3.63) is 71.9 Å². The number of carbonyl (C=O) groups excluding carboxylic acids is 1. The van der Waals surface area contributed by atoms with Gasteiger partial charge in [0.15, 0.2) is 0 Å². The van der Waals surface area contributed by atoms with Crippen molar-refractivity contribution in [2.45, 2.75) is 13.3 Å². The van der Waals surface area contributed by atoms with E-state index in [-0.39, 0.29) is 5.91 Å². The van der Waals surface area contributed by atoms with Gasteiger partial charge in [-0.3, -0.25) is 4.79 Å². The Bertz CT molecular complexity index is 804. The van der Waals surface area contributed by atoms with Gasteiger partial charge in [-0.25, -0.2) is 4.68 Å². The van der Waals surface area contributed by atoms with E-state index in [2.05, 4.69) is 29.5 Å². The average Bonchev–Trinajstić information content (AvgIpc) is 3.07. The van der Waals surface area contributed by atoms with E-state index in [1.165, 1.54) is 5.56 Å². The third-order valence-electron chi connectivity index (χ3n) is 3.84. The predicted molar refractivity (Wildman–Crippen MR) is 91.8 cm³/mol. The highest BCUT2D eigenvalue weighted by Crippen LogP contribution is 2.24. The standard InChI is InChI=1S/C19H19N3O/c1-3-14-9-11-15(12-10-14)18-17(19(23)20-2)13-22(21-18)16-7-5-4-6-8-16/h4-13H,3H2,1-2H3,(H,20,23). The summed E-state index contributed by atoms with van der Waals surface area (Å²) in [6, 6.07) is 18.0. The summed E-state index contributed by atoms with van der Waals surface area (Å²) in [5, 5.41) is 7.32. The molecule has 0 aliphatic heterocycles. The van der Waals surface area contributed by atoms with Crippen LogP contribution in [0, 0.1) is 0 Å². The Morgan fingerprint density at radius 1 is 1.09 bits per heavy atom. The molecule has 0 aliphatic carbocycles. The van der Waals surface area contributed by atoms with Gasteiger partial charge >= 0.3 is 0 Å². The van der Waals surface area contributed by atoms with E-state index in [9.17, 15) is 4.79 Å². The lowest BCUT2D eigenvalue weighted by molar-refractivity contribution is 0.0963. The van der Waals surface area contributed by atoms with Gasteiger partial charge in [0.2, 0.25) is 0 Å². The molecule has 1 aromatic heterocycles. The summed E-state index contributed by atoms with van der Waals surface area (Å²) in [5.41, 5.74) is 4.39. The Morgan fingerprint density at radius 3 is 2.39 bits per heavy atom. The van der Waals surface area contributed by atoms with Gasteiger partial charge in [0.25, 0.3) is 5.91 Å². The third-order valence-corrected chi connectivity index (χ3v) is 3.84. The van der Waals surface area contributed by atoms with Crippen LogP contribution in [0.25, 0.3) is 16.9 Å². The Kier molecular flexibility index (Phi) is 4.24. The molecular formula is C19H19N3O. The zero-order chi connectivity index (χ0) is 16.2. The van der Waals surface area contributed by atoms with Crippen molar-refractivity contribution >= 4 is 5.91 Å². The quantitative estimate of drug-likeness (QED) is 0.802. The molecule has 0 atom stereocenters. The van der Waals surface area contributed by atoms with Crippen molar-refractivity contribution in [1.82, 2.24) is 15.1 Å². The molecule has 2 aromatic carbocycles. The molecule has 0 unspecified atom stereocenters. The van der Waals surface area contributed by atoms with Gasteiger partial charge in [0.1, 0.15) is 5.69 Å². The Morgan fingerprint density at radius 2 is 1.78 bits per heavy atom. The van der Waals surface area contributed by atoms with Crippen LogP contribution in [0.4, 0.5) is 0 Å². The topological polar surface area (TPSA) is 46.9 Å². The second kappa shape index (κ2) is 6.48. The molecule has 23 heavy (non-hydrogen) atoms. The molecule has 0 radical (unpaired) electrons. The van der Waals surface area contributed by atoms with Crippen LogP contribution in [0.5, 0.6) is 0 Å². The van der Waals surface area contributed by atoms with E-state index in [1.54, 1.807) is 17.9 Å². The van der Waals surface area contributed by atoms with Crippen LogP contribution < -0.4 is 5.32 Å². The van der Waals surface area contributed by atoms with Crippen molar-refractivity contribution in [3.8, 4) is 16.9 Å². The third kappa shape index (κ3) is 3.01. The number of hydrogen-bond donors (Lipinski definition) is 1. The minimum atomic E-state index is -0.137. The summed E-state index contributed by atoms with van der Waals surface area (Å²) in [6.45, 7) is 2.12. The van der Waals surface area contributed by atoms with Gasteiger partial charge in [-0.05, 0) is 24.1 Å². The SMILES string of the molecule is CCc1ccc(-c2nn(-c3ccccc3)cc2C(=O)NC)cc1. The predicted octanol–water partition coefficient (Wildman–Crippen LogP) is 3.46. The molecule has 1 N–H and O–H groups in total. The maximum atomic E-state index is 12.2. The van der Waals surface area contributed by atoms with Crippen molar-refractivity contribution in [2.75, 3.05) is 7.05 Å². The van der Waals surface area contributed by atoms with Crippen LogP contribution in [0.15, 0.2) is 60.8 Å². The number of para-hydroxylation sites is 1. The number of benzene rings is 2. The number of nitrogens with zero attached hydrogens (tertiary/aromatic N) is 2. The molecule has 0 fully saturated rings. The van der Waals surface area contributed by atoms with Crippen LogP contribution in [-0.4, -0.2) is 22.7 Å². The van der Waals surface area contributed by atoms with Gasteiger partial charge < -0.3 is 5.32 Å². The van der Waals surface area contributed by atoms with E-state index < -0.39 is 0 Å². The van der Waals surface area contributed by atoms with Crippen LogP contribution in [0.2, 0.25) is 0 Å². The minimum Gasteiger partial charge on any atom is -0.355 e. The Hall–Kier alpha value is -2.88. The van der Waals surface area contributed by atoms with Gasteiger partial charge in [0, 0.05) is 18.8 Å². The molecule has 116 valence electrons. The number of amides is 1. The summed E-state index contributed by atoms with van der Waals surface area (Å²) in [4.78, 5) is 12.2. The number of rotatable bonds is 4. The highest BCUT2D eigenvalue weighted by atomic mass is 16.1. The molecule has 0 saturated carbocycles. The maximum absolute atomic E-state index is 12.2. The lowest BCUT2D eigenvalue weighted by Gasteiger charge is -2.03.